The normalized spacial score (nSPS) is 11.0. The van der Waals surface area contributed by atoms with Crippen molar-refractivity contribution in [3.8, 4) is 11.1 Å². The molecule has 3 heterocycles. The minimum atomic E-state index is 0.478. The van der Waals surface area contributed by atoms with E-state index in [2.05, 4.69) is 50.6 Å². The van der Waals surface area contributed by atoms with Gasteiger partial charge in [-0.15, -0.1) is 0 Å². The number of pyridine rings is 2. The van der Waals surface area contributed by atoms with Crippen LogP contribution in [0.1, 0.15) is 12.0 Å². The fraction of sp³-hybridized carbons (Fsp3) is 0.143. The molecular weight excluding hydrogens is 344 g/mol. The van der Waals surface area contributed by atoms with Gasteiger partial charge in [-0.05, 0) is 48.2 Å². The molecule has 130 valence electrons. The summed E-state index contributed by atoms with van der Waals surface area (Å²) >= 11 is 6.25. The highest BCUT2D eigenvalue weighted by molar-refractivity contribution is 6.29. The summed E-state index contributed by atoms with van der Waals surface area (Å²) in [4.78, 5) is 11.9. The third-order valence-electron chi connectivity index (χ3n) is 4.35. The Morgan fingerprint density at radius 3 is 2.81 bits per heavy atom. The van der Waals surface area contributed by atoms with E-state index >= 15 is 0 Å². The van der Waals surface area contributed by atoms with Crippen LogP contribution in [0, 0.1) is 0 Å². The molecule has 0 aliphatic heterocycles. The lowest BCUT2D eigenvalue weighted by Gasteiger charge is -2.08. The second-order valence-corrected chi connectivity index (χ2v) is 6.57. The molecule has 4 nitrogen and oxygen atoms in total. The largest absolute Gasteiger partial charge is 0.370 e. The van der Waals surface area contributed by atoms with Gasteiger partial charge >= 0.3 is 0 Å². The van der Waals surface area contributed by atoms with E-state index in [-0.39, 0.29) is 0 Å². The fourth-order valence-corrected chi connectivity index (χ4v) is 3.30. The predicted octanol–water partition coefficient (Wildman–Crippen LogP) is 5.32. The highest BCUT2D eigenvalue weighted by Crippen LogP contribution is 2.30. The summed E-state index contributed by atoms with van der Waals surface area (Å²) in [6.45, 7) is 0.844. The maximum absolute atomic E-state index is 6.25. The van der Waals surface area contributed by atoms with Crippen LogP contribution in [0.2, 0.25) is 5.15 Å². The van der Waals surface area contributed by atoms with Crippen molar-refractivity contribution in [1.82, 2.24) is 15.0 Å². The molecule has 0 fully saturated rings. The molecule has 0 radical (unpaired) electrons. The summed E-state index contributed by atoms with van der Waals surface area (Å²) in [5.74, 6) is 0.791. The van der Waals surface area contributed by atoms with Gasteiger partial charge in [-0.1, -0.05) is 41.9 Å². The van der Waals surface area contributed by atoms with Crippen LogP contribution in [0.4, 0.5) is 5.82 Å². The molecule has 26 heavy (non-hydrogen) atoms. The summed E-state index contributed by atoms with van der Waals surface area (Å²) < 4.78 is 0. The Kier molecular flexibility index (Phi) is 4.84. The average Bonchev–Trinajstić information content (AvgIpc) is 3.10. The molecular formula is C21H19ClN4. The molecule has 0 bridgehead atoms. The maximum Gasteiger partial charge on any atom is 0.137 e. The SMILES string of the molecule is Clc1cc(-c2c[nH]c3ncccc23)cc(NCCCc2ccccc2)n1. The highest BCUT2D eigenvalue weighted by atomic mass is 35.5. The van der Waals surface area contributed by atoms with Crippen molar-refractivity contribution in [1.29, 1.82) is 0 Å². The molecule has 3 aromatic heterocycles. The number of hydrogen-bond acceptors (Lipinski definition) is 3. The standard InChI is InChI=1S/C21H19ClN4/c22-19-12-16(18-14-25-21-17(18)9-5-11-24-21)13-20(26-19)23-10-4-8-15-6-2-1-3-7-15/h1-3,5-7,9,11-14H,4,8,10H2,(H,23,26)(H,24,25). The smallest absolute Gasteiger partial charge is 0.137 e. The summed E-state index contributed by atoms with van der Waals surface area (Å²) in [6, 6.07) is 18.4. The Hall–Kier alpha value is -2.85. The van der Waals surface area contributed by atoms with Crippen molar-refractivity contribution >= 4 is 28.5 Å². The van der Waals surface area contributed by atoms with Gasteiger partial charge in [0.1, 0.15) is 16.6 Å². The van der Waals surface area contributed by atoms with E-state index in [9.17, 15) is 0 Å². The molecule has 1 aromatic carbocycles. The second kappa shape index (κ2) is 7.58. The van der Waals surface area contributed by atoms with E-state index < -0.39 is 0 Å². The minimum absolute atomic E-state index is 0.478. The molecule has 5 heteroatoms. The maximum atomic E-state index is 6.25. The van der Waals surface area contributed by atoms with Gasteiger partial charge in [-0.25, -0.2) is 9.97 Å². The van der Waals surface area contributed by atoms with Crippen molar-refractivity contribution in [2.75, 3.05) is 11.9 Å². The van der Waals surface area contributed by atoms with Crippen LogP contribution in [0.15, 0.2) is 67.0 Å². The predicted molar refractivity (Wildman–Crippen MR) is 108 cm³/mol. The van der Waals surface area contributed by atoms with Crippen molar-refractivity contribution in [3.05, 3.63) is 77.7 Å². The lowest BCUT2D eigenvalue weighted by Crippen LogP contribution is -2.05. The number of halogens is 1. The third kappa shape index (κ3) is 3.70. The van der Waals surface area contributed by atoms with E-state index in [0.29, 0.717) is 5.15 Å². The van der Waals surface area contributed by atoms with Crippen molar-refractivity contribution in [2.45, 2.75) is 12.8 Å². The number of aryl methyl sites for hydroxylation is 1. The van der Waals surface area contributed by atoms with Crippen LogP contribution < -0.4 is 5.32 Å². The summed E-state index contributed by atoms with van der Waals surface area (Å²) in [5, 5.41) is 4.94. The lowest BCUT2D eigenvalue weighted by atomic mass is 10.1. The van der Waals surface area contributed by atoms with Crippen molar-refractivity contribution in [3.63, 3.8) is 0 Å². The van der Waals surface area contributed by atoms with Gasteiger partial charge in [0.05, 0.1) is 0 Å². The van der Waals surface area contributed by atoms with E-state index in [1.807, 2.05) is 30.5 Å². The van der Waals surface area contributed by atoms with E-state index in [1.54, 1.807) is 6.20 Å². The Morgan fingerprint density at radius 1 is 1.04 bits per heavy atom. The number of benzene rings is 1. The molecule has 0 saturated heterocycles. The molecule has 0 atom stereocenters. The molecule has 0 unspecified atom stereocenters. The van der Waals surface area contributed by atoms with Gasteiger partial charge in [0.2, 0.25) is 0 Å². The molecule has 0 aliphatic carbocycles. The van der Waals surface area contributed by atoms with Gasteiger partial charge in [0.25, 0.3) is 0 Å². The van der Waals surface area contributed by atoms with Gasteiger partial charge in [-0.3, -0.25) is 0 Å². The summed E-state index contributed by atoms with van der Waals surface area (Å²) in [5.41, 5.74) is 4.31. The third-order valence-corrected chi connectivity index (χ3v) is 4.54. The Balaban J connectivity index is 1.48. The van der Waals surface area contributed by atoms with Crippen LogP contribution in [0.5, 0.6) is 0 Å². The van der Waals surface area contributed by atoms with E-state index in [0.717, 1.165) is 47.4 Å². The fourth-order valence-electron chi connectivity index (χ4n) is 3.09. The Bertz CT molecular complexity index is 1010. The van der Waals surface area contributed by atoms with Crippen molar-refractivity contribution in [2.24, 2.45) is 0 Å². The van der Waals surface area contributed by atoms with Crippen LogP contribution in [0.3, 0.4) is 0 Å². The second-order valence-electron chi connectivity index (χ2n) is 6.18. The first-order chi connectivity index (χ1) is 12.8. The van der Waals surface area contributed by atoms with Crippen LogP contribution in [-0.4, -0.2) is 21.5 Å². The van der Waals surface area contributed by atoms with E-state index in [1.165, 1.54) is 5.56 Å². The number of anilines is 1. The quantitative estimate of drug-likeness (QED) is 0.360. The van der Waals surface area contributed by atoms with Crippen LogP contribution in [-0.2, 0) is 6.42 Å². The molecule has 0 amide bonds. The number of nitrogens with one attached hydrogen (secondary N) is 2. The van der Waals surface area contributed by atoms with Crippen molar-refractivity contribution < 1.29 is 0 Å². The molecule has 0 aliphatic rings. The Morgan fingerprint density at radius 2 is 1.92 bits per heavy atom. The molecule has 2 N–H and O–H groups in total. The highest BCUT2D eigenvalue weighted by Gasteiger charge is 2.09. The van der Waals surface area contributed by atoms with Crippen LogP contribution >= 0.6 is 11.6 Å². The van der Waals surface area contributed by atoms with Gasteiger partial charge < -0.3 is 10.3 Å². The molecule has 0 spiro atoms. The van der Waals surface area contributed by atoms with Gasteiger partial charge in [0.15, 0.2) is 0 Å². The average molecular weight is 363 g/mol. The zero-order valence-electron chi connectivity index (χ0n) is 14.2. The Labute approximate surface area is 157 Å². The monoisotopic (exact) mass is 362 g/mol. The summed E-state index contributed by atoms with van der Waals surface area (Å²) in [6.07, 6.45) is 5.81. The van der Waals surface area contributed by atoms with E-state index in [4.69, 9.17) is 11.6 Å². The zero-order chi connectivity index (χ0) is 17.8. The number of hydrogen-bond donors (Lipinski definition) is 2. The topological polar surface area (TPSA) is 53.6 Å². The molecule has 4 aromatic rings. The molecule has 0 saturated carbocycles. The number of rotatable bonds is 6. The first-order valence-electron chi connectivity index (χ1n) is 8.67. The number of aromatic amines is 1. The number of nitrogens with zero attached hydrogens (tertiary/aromatic N) is 2. The van der Waals surface area contributed by atoms with Crippen LogP contribution in [0.25, 0.3) is 22.2 Å². The first kappa shape index (κ1) is 16.6. The first-order valence-corrected chi connectivity index (χ1v) is 9.05. The lowest BCUT2D eigenvalue weighted by molar-refractivity contribution is 0.859. The zero-order valence-corrected chi connectivity index (χ0v) is 15.0. The number of aromatic nitrogens is 3. The minimum Gasteiger partial charge on any atom is -0.370 e. The van der Waals surface area contributed by atoms with Gasteiger partial charge in [-0.2, -0.15) is 0 Å². The molecule has 4 rings (SSSR count). The van der Waals surface area contributed by atoms with Gasteiger partial charge in [0, 0.05) is 29.9 Å². The number of H-pyrrole nitrogens is 1. The number of fused-ring (bicyclic) bond motifs is 1. The summed E-state index contributed by atoms with van der Waals surface area (Å²) in [7, 11) is 0.